The third-order valence-electron chi connectivity index (χ3n) is 3.42. The summed E-state index contributed by atoms with van der Waals surface area (Å²) in [5.74, 6) is 0.666. The molecule has 1 amide bonds. The number of hydrogen-bond acceptors (Lipinski definition) is 2. The monoisotopic (exact) mass is 259 g/mol. The first-order valence-electron chi connectivity index (χ1n) is 6.88. The van der Waals surface area contributed by atoms with Crippen LogP contribution in [0.2, 0.25) is 0 Å². The molecule has 1 aliphatic rings. The second kappa shape index (κ2) is 6.41. The van der Waals surface area contributed by atoms with Gasteiger partial charge in [0.15, 0.2) is 6.10 Å². The van der Waals surface area contributed by atoms with E-state index in [9.17, 15) is 4.79 Å². The van der Waals surface area contributed by atoms with E-state index >= 15 is 0 Å². The molecule has 0 heterocycles. The average Bonchev–Trinajstić information content (AvgIpc) is 2.44. The van der Waals surface area contributed by atoms with Crippen molar-refractivity contribution in [3.63, 3.8) is 0 Å². The molecule has 0 radical (unpaired) electrons. The van der Waals surface area contributed by atoms with E-state index < -0.39 is 6.10 Å². The Kier molecular flexibility index (Phi) is 4.61. The van der Waals surface area contributed by atoms with E-state index in [1.807, 2.05) is 6.07 Å². The molecular formula is C16H21NO2. The van der Waals surface area contributed by atoms with Crippen LogP contribution in [0.4, 0.5) is 0 Å². The number of amides is 1. The molecule has 19 heavy (non-hydrogen) atoms. The summed E-state index contributed by atoms with van der Waals surface area (Å²) in [6.07, 6.45) is 5.96. The normalized spacial score (nSPS) is 15.2. The van der Waals surface area contributed by atoms with Crippen molar-refractivity contribution in [2.45, 2.75) is 38.7 Å². The van der Waals surface area contributed by atoms with Gasteiger partial charge in [-0.3, -0.25) is 4.79 Å². The molecule has 0 saturated carbocycles. The second-order valence-electron chi connectivity index (χ2n) is 4.93. The Morgan fingerprint density at radius 3 is 2.89 bits per heavy atom. The first-order chi connectivity index (χ1) is 9.20. The van der Waals surface area contributed by atoms with Crippen LogP contribution in [0.25, 0.3) is 0 Å². The third kappa shape index (κ3) is 3.60. The fraction of sp³-hybridized carbons (Fsp3) is 0.438. The van der Waals surface area contributed by atoms with Crippen LogP contribution < -0.4 is 10.1 Å². The molecule has 1 aromatic rings. The number of rotatable bonds is 5. The van der Waals surface area contributed by atoms with Gasteiger partial charge in [0.1, 0.15) is 5.75 Å². The lowest BCUT2D eigenvalue weighted by atomic mass is 9.92. The zero-order valence-corrected chi connectivity index (χ0v) is 11.4. The molecule has 1 aromatic carbocycles. The van der Waals surface area contributed by atoms with Crippen LogP contribution >= 0.6 is 0 Å². The van der Waals surface area contributed by atoms with Gasteiger partial charge in [-0.25, -0.2) is 0 Å². The summed E-state index contributed by atoms with van der Waals surface area (Å²) in [6.45, 7) is 5.80. The smallest absolute Gasteiger partial charge is 0.261 e. The highest BCUT2D eigenvalue weighted by molar-refractivity contribution is 5.80. The quantitative estimate of drug-likeness (QED) is 0.826. The van der Waals surface area contributed by atoms with E-state index in [4.69, 9.17) is 4.74 Å². The standard InChI is InChI=1S/C16H21NO2/c1-3-10-17-16(18)12(2)19-15-9-8-13-6-4-5-7-14(13)11-15/h3,8-9,11-12H,1,4-7,10H2,2H3,(H,17,18). The highest BCUT2D eigenvalue weighted by Crippen LogP contribution is 2.25. The van der Waals surface area contributed by atoms with E-state index in [0.29, 0.717) is 6.54 Å². The minimum atomic E-state index is -0.485. The molecule has 0 aromatic heterocycles. The van der Waals surface area contributed by atoms with Crippen molar-refractivity contribution in [3.8, 4) is 5.75 Å². The molecule has 1 atom stereocenters. The van der Waals surface area contributed by atoms with Gasteiger partial charge in [0.25, 0.3) is 5.91 Å². The number of carbonyl (C=O) groups excluding carboxylic acids is 1. The molecule has 0 aliphatic heterocycles. The zero-order valence-electron chi connectivity index (χ0n) is 11.4. The van der Waals surface area contributed by atoms with Crippen LogP contribution in [0.5, 0.6) is 5.75 Å². The summed E-state index contributed by atoms with van der Waals surface area (Å²) < 4.78 is 5.69. The van der Waals surface area contributed by atoms with Crippen LogP contribution in [-0.4, -0.2) is 18.6 Å². The maximum atomic E-state index is 11.7. The summed E-state index contributed by atoms with van der Waals surface area (Å²) in [5.41, 5.74) is 2.78. The number of hydrogen-bond donors (Lipinski definition) is 1. The van der Waals surface area contributed by atoms with E-state index in [1.165, 1.54) is 24.0 Å². The van der Waals surface area contributed by atoms with Gasteiger partial charge in [-0.2, -0.15) is 0 Å². The third-order valence-corrected chi connectivity index (χ3v) is 3.42. The topological polar surface area (TPSA) is 38.3 Å². The van der Waals surface area contributed by atoms with Crippen molar-refractivity contribution in [1.29, 1.82) is 0 Å². The van der Waals surface area contributed by atoms with E-state index in [2.05, 4.69) is 24.0 Å². The predicted octanol–water partition coefficient (Wildman–Crippen LogP) is 2.63. The van der Waals surface area contributed by atoms with Gasteiger partial charge in [-0.05, 0) is 55.9 Å². The van der Waals surface area contributed by atoms with Gasteiger partial charge >= 0.3 is 0 Å². The highest BCUT2D eigenvalue weighted by Gasteiger charge is 2.15. The number of fused-ring (bicyclic) bond motifs is 1. The molecule has 1 unspecified atom stereocenters. The summed E-state index contributed by atoms with van der Waals surface area (Å²) in [4.78, 5) is 11.7. The molecule has 3 heteroatoms. The zero-order chi connectivity index (χ0) is 13.7. The average molecular weight is 259 g/mol. The summed E-state index contributed by atoms with van der Waals surface area (Å²) in [5, 5.41) is 2.73. The molecule has 0 spiro atoms. The molecule has 1 N–H and O–H groups in total. The van der Waals surface area contributed by atoms with Crippen LogP contribution in [0.1, 0.15) is 30.9 Å². The molecule has 1 aliphatic carbocycles. The first-order valence-corrected chi connectivity index (χ1v) is 6.88. The molecule has 0 fully saturated rings. The Morgan fingerprint density at radius 2 is 2.16 bits per heavy atom. The number of benzene rings is 1. The highest BCUT2D eigenvalue weighted by atomic mass is 16.5. The van der Waals surface area contributed by atoms with Crippen molar-refractivity contribution in [2.75, 3.05) is 6.54 Å². The van der Waals surface area contributed by atoms with E-state index in [0.717, 1.165) is 18.6 Å². The molecule has 0 saturated heterocycles. The van der Waals surface area contributed by atoms with Crippen molar-refractivity contribution in [2.24, 2.45) is 0 Å². The Hall–Kier alpha value is -1.77. The number of ether oxygens (including phenoxy) is 1. The van der Waals surface area contributed by atoms with Gasteiger partial charge in [-0.15, -0.1) is 6.58 Å². The van der Waals surface area contributed by atoms with Gasteiger partial charge < -0.3 is 10.1 Å². The summed E-state index contributed by atoms with van der Waals surface area (Å²) in [7, 11) is 0. The second-order valence-corrected chi connectivity index (χ2v) is 4.93. The lowest BCUT2D eigenvalue weighted by molar-refractivity contribution is -0.127. The summed E-state index contributed by atoms with van der Waals surface area (Å²) in [6, 6.07) is 6.16. The molecule has 0 bridgehead atoms. The van der Waals surface area contributed by atoms with Crippen molar-refractivity contribution in [3.05, 3.63) is 42.0 Å². The largest absolute Gasteiger partial charge is 0.481 e. The van der Waals surface area contributed by atoms with Crippen molar-refractivity contribution >= 4 is 5.91 Å². The minimum absolute atomic E-state index is 0.113. The number of aryl methyl sites for hydroxylation is 2. The SMILES string of the molecule is C=CCNC(=O)C(C)Oc1ccc2c(c1)CCCC2. The van der Waals surface area contributed by atoms with Gasteiger partial charge in [0, 0.05) is 6.54 Å². The van der Waals surface area contributed by atoms with Crippen molar-refractivity contribution in [1.82, 2.24) is 5.32 Å². The van der Waals surface area contributed by atoms with Gasteiger partial charge in [0.2, 0.25) is 0 Å². The fourth-order valence-corrected chi connectivity index (χ4v) is 2.36. The van der Waals surface area contributed by atoms with Gasteiger partial charge in [-0.1, -0.05) is 12.1 Å². The predicted molar refractivity (Wildman–Crippen MR) is 76.4 cm³/mol. The Balaban J connectivity index is 1.98. The molecular weight excluding hydrogens is 238 g/mol. The van der Waals surface area contributed by atoms with E-state index in [1.54, 1.807) is 13.0 Å². The maximum absolute atomic E-state index is 11.7. The minimum Gasteiger partial charge on any atom is -0.481 e. The van der Waals surface area contributed by atoms with Crippen LogP contribution in [0.3, 0.4) is 0 Å². The Labute approximate surface area is 114 Å². The van der Waals surface area contributed by atoms with Gasteiger partial charge in [0.05, 0.1) is 0 Å². The van der Waals surface area contributed by atoms with Crippen molar-refractivity contribution < 1.29 is 9.53 Å². The first kappa shape index (κ1) is 13.7. The number of carbonyl (C=O) groups is 1. The van der Waals surface area contributed by atoms with Crippen LogP contribution in [0, 0.1) is 0 Å². The maximum Gasteiger partial charge on any atom is 0.261 e. The molecule has 2 rings (SSSR count). The number of nitrogens with one attached hydrogen (secondary N) is 1. The van der Waals surface area contributed by atoms with Crippen LogP contribution in [-0.2, 0) is 17.6 Å². The fourth-order valence-electron chi connectivity index (χ4n) is 2.36. The molecule has 102 valence electrons. The lowest BCUT2D eigenvalue weighted by Gasteiger charge is -2.19. The van der Waals surface area contributed by atoms with Crippen LogP contribution in [0.15, 0.2) is 30.9 Å². The summed E-state index contributed by atoms with van der Waals surface area (Å²) >= 11 is 0. The molecule has 3 nitrogen and oxygen atoms in total. The Bertz CT molecular complexity index is 468. The lowest BCUT2D eigenvalue weighted by Crippen LogP contribution is -2.36. The Morgan fingerprint density at radius 1 is 1.42 bits per heavy atom. The van der Waals surface area contributed by atoms with E-state index in [-0.39, 0.29) is 5.91 Å².